The number of anilines is 2. The van der Waals surface area contributed by atoms with Crippen molar-refractivity contribution in [3.8, 4) is 0 Å². The molecule has 0 fully saturated rings. The number of amides is 1. The highest BCUT2D eigenvalue weighted by molar-refractivity contribution is 6.03. The van der Waals surface area contributed by atoms with Crippen LogP contribution in [0.2, 0.25) is 0 Å². The Morgan fingerprint density at radius 2 is 2.26 bits per heavy atom. The minimum absolute atomic E-state index is 0.0318. The van der Waals surface area contributed by atoms with E-state index in [1.54, 1.807) is 0 Å². The van der Waals surface area contributed by atoms with Gasteiger partial charge in [-0.1, -0.05) is 17.7 Å². The van der Waals surface area contributed by atoms with E-state index in [1.807, 2.05) is 7.05 Å². The van der Waals surface area contributed by atoms with Crippen LogP contribution in [0, 0.1) is 0 Å². The molecular formula is C15H19N3O. The van der Waals surface area contributed by atoms with Gasteiger partial charge in [0.25, 0.3) is 0 Å². The van der Waals surface area contributed by atoms with E-state index < -0.39 is 0 Å². The van der Waals surface area contributed by atoms with Crippen molar-refractivity contribution in [2.45, 2.75) is 19.4 Å². The van der Waals surface area contributed by atoms with Gasteiger partial charge in [-0.05, 0) is 32.5 Å². The van der Waals surface area contributed by atoms with Gasteiger partial charge in [0.1, 0.15) is 6.04 Å². The molecule has 100 valence electrons. The van der Waals surface area contributed by atoms with Crippen LogP contribution in [0.15, 0.2) is 29.8 Å². The molecule has 2 aliphatic rings. The van der Waals surface area contributed by atoms with Gasteiger partial charge in [0.15, 0.2) is 0 Å². The molecule has 0 aromatic heterocycles. The number of fused-ring (bicyclic) bond motifs is 1. The Morgan fingerprint density at radius 3 is 3.00 bits per heavy atom. The van der Waals surface area contributed by atoms with E-state index in [2.05, 4.69) is 46.7 Å². The lowest BCUT2D eigenvalue weighted by molar-refractivity contribution is -0.117. The second kappa shape index (κ2) is 4.70. The molecule has 1 aromatic carbocycles. The maximum atomic E-state index is 11.8. The van der Waals surface area contributed by atoms with E-state index in [0.29, 0.717) is 0 Å². The number of nitrogens with one attached hydrogen (secondary N) is 2. The fourth-order valence-corrected chi connectivity index (χ4v) is 2.87. The van der Waals surface area contributed by atoms with Crippen molar-refractivity contribution in [3.05, 3.63) is 35.4 Å². The minimum Gasteiger partial charge on any atom is -0.367 e. The van der Waals surface area contributed by atoms with Crippen LogP contribution in [-0.2, 0) is 4.79 Å². The molecule has 1 amide bonds. The third-order valence-corrected chi connectivity index (χ3v) is 3.85. The molecule has 1 unspecified atom stereocenters. The van der Waals surface area contributed by atoms with E-state index in [-0.39, 0.29) is 11.9 Å². The average molecular weight is 257 g/mol. The summed E-state index contributed by atoms with van der Waals surface area (Å²) in [5, 5.41) is 5.99. The molecule has 2 aliphatic heterocycles. The number of rotatable bonds is 2. The molecule has 1 aromatic rings. The second-order valence-electron chi connectivity index (χ2n) is 5.24. The molecule has 1 atom stereocenters. The summed E-state index contributed by atoms with van der Waals surface area (Å²) >= 11 is 0. The van der Waals surface area contributed by atoms with Crippen LogP contribution in [0.4, 0.5) is 11.4 Å². The Labute approximate surface area is 113 Å². The number of likely N-dealkylation sites (N-methyl/N-ethyl adjacent to an activating group) is 1. The standard InChI is InChI=1S/C15H19N3O/c1-10-4-3-7-18(9-10)11-5-6-12-13(8-11)17-15(19)14(12)16-2/h4-6,8,14,16H,3,7,9H2,1-2H3,(H,17,19). The topological polar surface area (TPSA) is 44.4 Å². The van der Waals surface area contributed by atoms with E-state index in [9.17, 15) is 4.79 Å². The zero-order valence-corrected chi connectivity index (χ0v) is 11.4. The molecule has 0 aliphatic carbocycles. The van der Waals surface area contributed by atoms with Gasteiger partial charge in [0, 0.05) is 30.0 Å². The van der Waals surface area contributed by atoms with Crippen LogP contribution in [0.3, 0.4) is 0 Å². The monoisotopic (exact) mass is 257 g/mol. The Morgan fingerprint density at radius 1 is 1.42 bits per heavy atom. The molecule has 3 rings (SSSR count). The van der Waals surface area contributed by atoms with Gasteiger partial charge in [-0.3, -0.25) is 4.79 Å². The van der Waals surface area contributed by atoms with Crippen molar-refractivity contribution in [1.82, 2.24) is 5.32 Å². The molecule has 0 radical (unpaired) electrons. The quantitative estimate of drug-likeness (QED) is 0.797. The number of hydrogen-bond acceptors (Lipinski definition) is 3. The highest BCUT2D eigenvalue weighted by atomic mass is 16.2. The summed E-state index contributed by atoms with van der Waals surface area (Å²) < 4.78 is 0. The number of nitrogens with zero attached hydrogens (tertiary/aromatic N) is 1. The number of benzene rings is 1. The highest BCUT2D eigenvalue weighted by Gasteiger charge is 2.29. The van der Waals surface area contributed by atoms with Gasteiger partial charge in [-0.2, -0.15) is 0 Å². The van der Waals surface area contributed by atoms with E-state index in [1.165, 1.54) is 11.3 Å². The van der Waals surface area contributed by atoms with E-state index in [0.717, 1.165) is 30.8 Å². The lowest BCUT2D eigenvalue weighted by Gasteiger charge is -2.28. The van der Waals surface area contributed by atoms with Crippen molar-refractivity contribution in [2.24, 2.45) is 0 Å². The van der Waals surface area contributed by atoms with Gasteiger partial charge < -0.3 is 15.5 Å². The van der Waals surface area contributed by atoms with Gasteiger partial charge in [0.2, 0.25) is 5.91 Å². The van der Waals surface area contributed by atoms with Gasteiger partial charge in [-0.25, -0.2) is 0 Å². The first-order valence-electron chi connectivity index (χ1n) is 6.71. The van der Waals surface area contributed by atoms with Crippen LogP contribution in [0.25, 0.3) is 0 Å². The van der Waals surface area contributed by atoms with Gasteiger partial charge >= 0.3 is 0 Å². The lowest BCUT2D eigenvalue weighted by Crippen LogP contribution is -2.29. The minimum atomic E-state index is -0.216. The van der Waals surface area contributed by atoms with E-state index in [4.69, 9.17) is 0 Å². The molecule has 4 heteroatoms. The summed E-state index contributed by atoms with van der Waals surface area (Å²) in [6, 6.07) is 6.04. The summed E-state index contributed by atoms with van der Waals surface area (Å²) in [7, 11) is 1.81. The molecule has 4 nitrogen and oxygen atoms in total. The maximum absolute atomic E-state index is 11.8. The molecule has 0 spiro atoms. The Hall–Kier alpha value is -1.81. The van der Waals surface area contributed by atoms with E-state index >= 15 is 0 Å². The number of carbonyl (C=O) groups is 1. The molecule has 2 heterocycles. The molecule has 19 heavy (non-hydrogen) atoms. The molecule has 0 bridgehead atoms. The van der Waals surface area contributed by atoms with Crippen molar-refractivity contribution in [2.75, 3.05) is 30.4 Å². The molecule has 0 saturated heterocycles. The maximum Gasteiger partial charge on any atom is 0.246 e. The average Bonchev–Trinajstić information content (AvgIpc) is 2.72. The fourth-order valence-electron chi connectivity index (χ4n) is 2.87. The largest absolute Gasteiger partial charge is 0.367 e. The Bertz CT molecular complexity index is 550. The first kappa shape index (κ1) is 12.2. The Kier molecular flexibility index (Phi) is 3.03. The van der Waals surface area contributed by atoms with Crippen molar-refractivity contribution >= 4 is 17.3 Å². The smallest absolute Gasteiger partial charge is 0.246 e. The third-order valence-electron chi connectivity index (χ3n) is 3.85. The number of carbonyl (C=O) groups excluding carboxylic acids is 1. The second-order valence-corrected chi connectivity index (χ2v) is 5.24. The SMILES string of the molecule is CNC1C(=O)Nc2cc(N3CCC=C(C)C3)ccc21. The Balaban J connectivity index is 1.89. The van der Waals surface area contributed by atoms with Crippen molar-refractivity contribution < 1.29 is 4.79 Å². The van der Waals surface area contributed by atoms with Crippen LogP contribution >= 0.6 is 0 Å². The van der Waals surface area contributed by atoms with Crippen LogP contribution in [-0.4, -0.2) is 26.0 Å². The third kappa shape index (κ3) is 2.12. The first-order chi connectivity index (χ1) is 9.19. The first-order valence-corrected chi connectivity index (χ1v) is 6.71. The summed E-state index contributed by atoms with van der Waals surface area (Å²) in [6.45, 7) is 4.18. The zero-order chi connectivity index (χ0) is 13.4. The predicted molar refractivity (Wildman–Crippen MR) is 77.5 cm³/mol. The fraction of sp³-hybridized carbons (Fsp3) is 0.400. The van der Waals surface area contributed by atoms with Gasteiger partial charge in [-0.15, -0.1) is 0 Å². The molecule has 2 N–H and O–H groups in total. The van der Waals surface area contributed by atoms with Crippen LogP contribution < -0.4 is 15.5 Å². The normalized spacial score (nSPS) is 22.0. The number of hydrogen-bond donors (Lipinski definition) is 2. The summed E-state index contributed by atoms with van der Waals surface area (Å²) in [6.07, 6.45) is 3.39. The zero-order valence-electron chi connectivity index (χ0n) is 11.4. The van der Waals surface area contributed by atoms with Crippen molar-refractivity contribution in [1.29, 1.82) is 0 Å². The van der Waals surface area contributed by atoms with Gasteiger partial charge in [0.05, 0.1) is 0 Å². The van der Waals surface area contributed by atoms with Crippen LogP contribution in [0.1, 0.15) is 24.9 Å². The summed E-state index contributed by atoms with van der Waals surface area (Å²) in [4.78, 5) is 14.2. The molecule has 0 saturated carbocycles. The van der Waals surface area contributed by atoms with Crippen molar-refractivity contribution in [3.63, 3.8) is 0 Å². The summed E-state index contributed by atoms with van der Waals surface area (Å²) in [5.74, 6) is 0.0318. The lowest BCUT2D eigenvalue weighted by atomic mass is 10.1. The highest BCUT2D eigenvalue weighted by Crippen LogP contribution is 2.34. The summed E-state index contributed by atoms with van der Waals surface area (Å²) in [5.41, 5.74) is 4.57. The molecular weight excluding hydrogens is 238 g/mol. The van der Waals surface area contributed by atoms with Crippen LogP contribution in [0.5, 0.6) is 0 Å². The predicted octanol–water partition coefficient (Wildman–Crippen LogP) is 2.06.